The summed E-state index contributed by atoms with van der Waals surface area (Å²) in [5.41, 5.74) is 5.23. The highest BCUT2D eigenvalue weighted by Gasteiger charge is 2.30. The Balaban J connectivity index is 1.95. The number of carbonyl (C=O) groups excluding carboxylic acids is 1. The molecule has 0 bridgehead atoms. The topological polar surface area (TPSA) is 32.3 Å². The van der Waals surface area contributed by atoms with Crippen LogP contribution in [0.2, 0.25) is 0 Å². The number of carbonyl (C=O) groups is 1. The molecule has 1 aliphatic heterocycles. The molecular weight excluding hydrogens is 368 g/mol. The second-order valence-corrected chi connectivity index (χ2v) is 8.49. The number of hydrogen-bond acceptors (Lipinski definition) is 2. The van der Waals surface area contributed by atoms with Gasteiger partial charge in [-0.25, -0.2) is 0 Å². The average molecular weight is 399 g/mol. The van der Waals surface area contributed by atoms with Gasteiger partial charge in [-0.15, -0.1) is 0 Å². The summed E-state index contributed by atoms with van der Waals surface area (Å²) < 4.78 is 0. The lowest BCUT2D eigenvalue weighted by molar-refractivity contribution is -0.112. The van der Waals surface area contributed by atoms with Crippen LogP contribution in [0.15, 0.2) is 48.5 Å². The van der Waals surface area contributed by atoms with Crippen LogP contribution in [0.3, 0.4) is 0 Å². The number of nitrogens with one attached hydrogen (secondary N) is 1. The van der Waals surface area contributed by atoms with E-state index in [0.29, 0.717) is 0 Å². The lowest BCUT2D eigenvalue weighted by Crippen LogP contribution is -2.23. The summed E-state index contributed by atoms with van der Waals surface area (Å²) in [6, 6.07) is 16.8. The van der Waals surface area contributed by atoms with Crippen molar-refractivity contribution >= 4 is 40.2 Å². The molecule has 0 fully saturated rings. The Hall–Kier alpha value is -3.07. The van der Waals surface area contributed by atoms with Gasteiger partial charge in [0, 0.05) is 35.8 Å². The van der Waals surface area contributed by atoms with Crippen LogP contribution in [0.1, 0.15) is 44.7 Å². The molecule has 0 saturated heterocycles. The molecule has 3 heteroatoms. The lowest BCUT2D eigenvalue weighted by atomic mass is 9.77. The van der Waals surface area contributed by atoms with E-state index in [4.69, 9.17) is 0 Å². The van der Waals surface area contributed by atoms with Crippen molar-refractivity contribution in [1.29, 1.82) is 0 Å². The predicted octanol–water partition coefficient (Wildman–Crippen LogP) is 4.54. The molecule has 154 valence electrons. The van der Waals surface area contributed by atoms with E-state index in [1.54, 1.807) is 4.90 Å². The Morgan fingerprint density at radius 1 is 0.967 bits per heavy atom. The van der Waals surface area contributed by atoms with E-state index in [0.717, 1.165) is 56.6 Å². The first-order valence-electron chi connectivity index (χ1n) is 10.7. The monoisotopic (exact) mass is 398 g/mol. The van der Waals surface area contributed by atoms with Gasteiger partial charge in [-0.3, -0.25) is 4.79 Å². The number of nitrogens with zero attached hydrogens (tertiary/aromatic N) is 1. The third-order valence-electron chi connectivity index (χ3n) is 7.06. The van der Waals surface area contributed by atoms with Crippen molar-refractivity contribution in [2.75, 3.05) is 24.3 Å². The Morgan fingerprint density at radius 2 is 1.60 bits per heavy atom. The van der Waals surface area contributed by atoms with Gasteiger partial charge in [-0.05, 0) is 34.6 Å². The average Bonchev–Trinajstić information content (AvgIpc) is 3.03. The zero-order valence-electron chi connectivity index (χ0n) is 18.6. The molecule has 0 aromatic heterocycles. The van der Waals surface area contributed by atoms with E-state index in [2.05, 4.69) is 75.1 Å². The summed E-state index contributed by atoms with van der Waals surface area (Å²) in [6.45, 7) is 10.9. The zero-order valence-corrected chi connectivity index (χ0v) is 18.6. The smallest absolute Gasteiger partial charge is 0.259 e. The van der Waals surface area contributed by atoms with Crippen molar-refractivity contribution in [3.8, 4) is 0 Å². The second kappa shape index (κ2) is 7.32. The van der Waals surface area contributed by atoms with E-state index in [1.807, 2.05) is 20.2 Å². The fourth-order valence-corrected chi connectivity index (χ4v) is 4.65. The zero-order chi connectivity index (χ0) is 21.6. The van der Waals surface area contributed by atoms with Gasteiger partial charge in [0.15, 0.2) is 0 Å². The van der Waals surface area contributed by atoms with E-state index in [-0.39, 0.29) is 11.3 Å². The van der Waals surface area contributed by atoms with Crippen LogP contribution < -0.4 is 20.7 Å². The number of amides is 1. The molecule has 0 atom stereocenters. The minimum absolute atomic E-state index is 0.0451. The maximum absolute atomic E-state index is 13.3. The molecule has 1 heterocycles. The van der Waals surface area contributed by atoms with Crippen molar-refractivity contribution < 1.29 is 4.79 Å². The van der Waals surface area contributed by atoms with Crippen molar-refractivity contribution in [3.05, 3.63) is 70.1 Å². The molecule has 1 aliphatic rings. The number of hydrogen-bond donors (Lipinski definition) is 1. The number of rotatable bonds is 5. The van der Waals surface area contributed by atoms with E-state index < -0.39 is 0 Å². The molecule has 0 saturated carbocycles. The molecule has 4 rings (SSSR count). The SMILES string of the molecule is C=c1ccc2c3c(ccc2c1NC)=C(c1ccc(C(C)(CC)CC)cc1)C(=O)N3C. The van der Waals surface area contributed by atoms with Crippen LogP contribution in [-0.2, 0) is 10.2 Å². The summed E-state index contributed by atoms with van der Waals surface area (Å²) in [6.07, 6.45) is 2.19. The molecule has 1 N–H and O–H groups in total. The van der Waals surface area contributed by atoms with Gasteiger partial charge in [0.25, 0.3) is 5.91 Å². The summed E-state index contributed by atoms with van der Waals surface area (Å²) in [4.78, 5) is 15.1. The maximum atomic E-state index is 13.3. The van der Waals surface area contributed by atoms with Crippen LogP contribution in [0.5, 0.6) is 0 Å². The largest absolute Gasteiger partial charge is 0.387 e. The third kappa shape index (κ3) is 2.84. The van der Waals surface area contributed by atoms with Crippen molar-refractivity contribution in [1.82, 2.24) is 0 Å². The fourth-order valence-electron chi connectivity index (χ4n) is 4.65. The first-order chi connectivity index (χ1) is 14.4. The fraction of sp³-hybridized carbons (Fsp3) is 0.296. The van der Waals surface area contributed by atoms with Crippen LogP contribution >= 0.6 is 0 Å². The predicted molar refractivity (Wildman–Crippen MR) is 129 cm³/mol. The molecule has 0 spiro atoms. The van der Waals surface area contributed by atoms with Crippen LogP contribution in [0, 0.1) is 0 Å². The Bertz CT molecular complexity index is 1250. The standard InChI is InChI=1S/C27H30N2O/c1-7-27(4,8-2)19-12-10-18(11-13-19)23-22-16-15-20-21(25(22)29(6)26(23)30)14-9-17(3)24(20)28-5/h9-16,28H,3,7-8H2,1-2,4-6H3. The van der Waals surface area contributed by atoms with Gasteiger partial charge in [0.1, 0.15) is 0 Å². The minimum atomic E-state index is 0.0451. The summed E-state index contributed by atoms with van der Waals surface area (Å²) in [5.74, 6) is 0.0451. The minimum Gasteiger partial charge on any atom is -0.387 e. The molecule has 3 aromatic carbocycles. The Kier molecular flexibility index (Phi) is 4.93. The van der Waals surface area contributed by atoms with E-state index in [9.17, 15) is 4.79 Å². The number of anilines is 2. The molecule has 30 heavy (non-hydrogen) atoms. The molecular formula is C27H30N2O. The van der Waals surface area contributed by atoms with Gasteiger partial charge in [0.2, 0.25) is 0 Å². The maximum Gasteiger partial charge on any atom is 0.259 e. The molecule has 0 unspecified atom stereocenters. The highest BCUT2D eigenvalue weighted by molar-refractivity contribution is 6.31. The van der Waals surface area contributed by atoms with Crippen LogP contribution in [-0.4, -0.2) is 20.0 Å². The number of fused-ring (bicyclic) bond motifs is 3. The first kappa shape index (κ1) is 20.2. The van der Waals surface area contributed by atoms with Gasteiger partial charge >= 0.3 is 0 Å². The highest BCUT2D eigenvalue weighted by atomic mass is 16.2. The van der Waals surface area contributed by atoms with Gasteiger partial charge in [0.05, 0.1) is 11.3 Å². The van der Waals surface area contributed by atoms with Crippen LogP contribution in [0.4, 0.5) is 11.4 Å². The molecule has 1 amide bonds. The Morgan fingerprint density at radius 3 is 2.20 bits per heavy atom. The summed E-state index contributed by atoms with van der Waals surface area (Å²) >= 11 is 0. The van der Waals surface area contributed by atoms with Crippen molar-refractivity contribution in [2.24, 2.45) is 0 Å². The quantitative estimate of drug-likeness (QED) is 0.684. The van der Waals surface area contributed by atoms with E-state index >= 15 is 0 Å². The normalized spacial score (nSPS) is 13.8. The second-order valence-electron chi connectivity index (χ2n) is 8.49. The van der Waals surface area contributed by atoms with Crippen LogP contribution in [0.25, 0.3) is 22.9 Å². The molecule has 3 aromatic rings. The lowest BCUT2D eigenvalue weighted by Gasteiger charge is -2.27. The van der Waals surface area contributed by atoms with Crippen molar-refractivity contribution in [2.45, 2.75) is 39.0 Å². The van der Waals surface area contributed by atoms with Gasteiger partial charge < -0.3 is 10.2 Å². The van der Waals surface area contributed by atoms with Gasteiger partial charge in [-0.1, -0.05) is 75.9 Å². The summed E-state index contributed by atoms with van der Waals surface area (Å²) in [5, 5.41) is 7.35. The summed E-state index contributed by atoms with van der Waals surface area (Å²) in [7, 11) is 3.77. The molecule has 0 radical (unpaired) electrons. The number of likely N-dealkylation sites (N-methyl/N-ethyl adjacent to an activating group) is 1. The third-order valence-corrected chi connectivity index (χ3v) is 7.06. The molecule has 3 nitrogen and oxygen atoms in total. The van der Waals surface area contributed by atoms with E-state index in [1.165, 1.54) is 5.56 Å². The van der Waals surface area contributed by atoms with Gasteiger partial charge in [-0.2, -0.15) is 0 Å². The first-order valence-corrected chi connectivity index (χ1v) is 10.7. The number of benzene rings is 3. The molecule has 0 aliphatic carbocycles. The highest BCUT2D eigenvalue weighted by Crippen LogP contribution is 2.34. The Labute approximate surface area is 178 Å². The van der Waals surface area contributed by atoms with Crippen molar-refractivity contribution in [3.63, 3.8) is 0 Å².